The normalized spacial score (nSPS) is 24.6. The van der Waals surface area contributed by atoms with E-state index in [1.807, 2.05) is 12.2 Å². The maximum absolute atomic E-state index is 5.30. The van der Waals surface area contributed by atoms with Gasteiger partial charge < -0.3 is 9.47 Å². The number of rotatable bonds is 3. The van der Waals surface area contributed by atoms with E-state index in [-0.39, 0.29) is 6.10 Å². The smallest absolute Gasteiger partial charge is 0.0994 e. The molecule has 1 atom stereocenters. The fourth-order valence-electron chi connectivity index (χ4n) is 0.810. The molecule has 0 bridgehead atoms. The Hall–Kier alpha value is -0.600. The lowest BCUT2D eigenvalue weighted by Gasteiger charge is -2.16. The number of hydrogen-bond donors (Lipinski definition) is 0. The Morgan fingerprint density at radius 2 is 2.70 bits per heavy atom. The molecule has 0 N–H and O–H groups in total. The van der Waals surface area contributed by atoms with E-state index in [4.69, 9.17) is 9.47 Å². The highest BCUT2D eigenvalue weighted by atomic mass is 16.5. The standard InChI is InChI=1S/C8H12O2/c1-2-5-10-8-4-3-6-9-7-8/h2-4,8H,1,5-7H2/t8-/m0/s1. The van der Waals surface area contributed by atoms with Crippen molar-refractivity contribution in [2.45, 2.75) is 6.10 Å². The summed E-state index contributed by atoms with van der Waals surface area (Å²) in [5.74, 6) is 0. The van der Waals surface area contributed by atoms with E-state index >= 15 is 0 Å². The molecule has 0 saturated carbocycles. The molecular weight excluding hydrogens is 128 g/mol. The molecule has 0 saturated heterocycles. The minimum atomic E-state index is 0.131. The third-order valence-electron chi connectivity index (χ3n) is 1.28. The van der Waals surface area contributed by atoms with E-state index < -0.39 is 0 Å². The Bertz CT molecular complexity index is 129. The van der Waals surface area contributed by atoms with Crippen LogP contribution in [0.25, 0.3) is 0 Å². The van der Waals surface area contributed by atoms with Crippen molar-refractivity contribution in [2.24, 2.45) is 0 Å². The van der Waals surface area contributed by atoms with Crippen LogP contribution in [0.2, 0.25) is 0 Å². The van der Waals surface area contributed by atoms with Gasteiger partial charge in [-0.05, 0) is 0 Å². The van der Waals surface area contributed by atoms with Crippen molar-refractivity contribution in [3.8, 4) is 0 Å². The van der Waals surface area contributed by atoms with Crippen LogP contribution in [-0.2, 0) is 9.47 Å². The summed E-state index contributed by atoms with van der Waals surface area (Å²) in [7, 11) is 0. The second kappa shape index (κ2) is 4.25. The highest BCUT2D eigenvalue weighted by Crippen LogP contribution is 2.01. The van der Waals surface area contributed by atoms with Crippen LogP contribution >= 0.6 is 0 Å². The van der Waals surface area contributed by atoms with Crippen molar-refractivity contribution in [3.63, 3.8) is 0 Å². The Kier molecular flexibility index (Phi) is 3.19. The minimum absolute atomic E-state index is 0.131. The van der Waals surface area contributed by atoms with Crippen LogP contribution < -0.4 is 0 Å². The molecule has 0 aromatic rings. The summed E-state index contributed by atoms with van der Waals surface area (Å²) in [4.78, 5) is 0. The Labute approximate surface area is 61.1 Å². The van der Waals surface area contributed by atoms with Gasteiger partial charge in [-0.3, -0.25) is 0 Å². The lowest BCUT2D eigenvalue weighted by molar-refractivity contribution is 0.0189. The summed E-state index contributed by atoms with van der Waals surface area (Å²) in [6, 6.07) is 0. The van der Waals surface area contributed by atoms with Crippen molar-refractivity contribution in [2.75, 3.05) is 19.8 Å². The van der Waals surface area contributed by atoms with Crippen LogP contribution in [0.4, 0.5) is 0 Å². The predicted octanol–water partition coefficient (Wildman–Crippen LogP) is 1.14. The summed E-state index contributed by atoms with van der Waals surface area (Å²) < 4.78 is 10.4. The molecule has 0 spiro atoms. The van der Waals surface area contributed by atoms with Gasteiger partial charge in [-0.15, -0.1) is 6.58 Å². The van der Waals surface area contributed by atoms with Gasteiger partial charge in [0.2, 0.25) is 0 Å². The van der Waals surface area contributed by atoms with Gasteiger partial charge in [0, 0.05) is 0 Å². The molecule has 0 fully saturated rings. The van der Waals surface area contributed by atoms with Crippen LogP contribution in [-0.4, -0.2) is 25.9 Å². The van der Waals surface area contributed by atoms with Crippen molar-refractivity contribution in [3.05, 3.63) is 24.8 Å². The first-order valence-electron chi connectivity index (χ1n) is 3.40. The summed E-state index contributed by atoms with van der Waals surface area (Å²) in [5.41, 5.74) is 0. The zero-order chi connectivity index (χ0) is 7.23. The summed E-state index contributed by atoms with van der Waals surface area (Å²) in [6.07, 6.45) is 5.86. The lowest BCUT2D eigenvalue weighted by Crippen LogP contribution is -2.21. The van der Waals surface area contributed by atoms with Gasteiger partial charge in [0.25, 0.3) is 0 Å². The molecule has 1 aliphatic heterocycles. The summed E-state index contributed by atoms with van der Waals surface area (Å²) in [6.45, 7) is 5.54. The van der Waals surface area contributed by atoms with Gasteiger partial charge in [-0.25, -0.2) is 0 Å². The van der Waals surface area contributed by atoms with E-state index in [0.717, 1.165) is 0 Å². The molecule has 0 unspecified atom stereocenters. The molecule has 10 heavy (non-hydrogen) atoms. The van der Waals surface area contributed by atoms with Crippen molar-refractivity contribution >= 4 is 0 Å². The molecule has 1 rings (SSSR count). The molecular formula is C8H12O2. The maximum Gasteiger partial charge on any atom is 0.0994 e. The SMILES string of the molecule is C=CCO[C@H]1C=CCOC1. The molecule has 1 heterocycles. The van der Waals surface area contributed by atoms with E-state index in [1.165, 1.54) is 0 Å². The van der Waals surface area contributed by atoms with Crippen LogP contribution in [0.1, 0.15) is 0 Å². The van der Waals surface area contributed by atoms with E-state index in [2.05, 4.69) is 6.58 Å². The largest absolute Gasteiger partial charge is 0.374 e. The molecule has 0 amide bonds. The van der Waals surface area contributed by atoms with E-state index in [1.54, 1.807) is 6.08 Å². The highest BCUT2D eigenvalue weighted by Gasteiger charge is 2.06. The average Bonchev–Trinajstić information content (AvgIpc) is 2.03. The number of ether oxygens (including phenoxy) is 2. The fourth-order valence-corrected chi connectivity index (χ4v) is 0.810. The Balaban J connectivity index is 2.19. The molecule has 0 aromatic carbocycles. The van der Waals surface area contributed by atoms with E-state index in [0.29, 0.717) is 19.8 Å². The topological polar surface area (TPSA) is 18.5 Å². The average molecular weight is 140 g/mol. The van der Waals surface area contributed by atoms with Gasteiger partial charge in [0.05, 0.1) is 25.9 Å². The highest BCUT2D eigenvalue weighted by molar-refractivity contribution is 4.93. The molecule has 56 valence electrons. The van der Waals surface area contributed by atoms with Gasteiger partial charge in [0.15, 0.2) is 0 Å². The van der Waals surface area contributed by atoms with Gasteiger partial charge in [-0.2, -0.15) is 0 Å². The zero-order valence-corrected chi connectivity index (χ0v) is 5.95. The minimum Gasteiger partial charge on any atom is -0.374 e. The maximum atomic E-state index is 5.30. The van der Waals surface area contributed by atoms with Gasteiger partial charge in [0.1, 0.15) is 0 Å². The van der Waals surface area contributed by atoms with Crippen molar-refractivity contribution in [1.82, 2.24) is 0 Å². The Morgan fingerprint density at radius 1 is 1.80 bits per heavy atom. The third kappa shape index (κ3) is 2.33. The molecule has 1 aliphatic rings. The van der Waals surface area contributed by atoms with Crippen LogP contribution in [0.3, 0.4) is 0 Å². The van der Waals surface area contributed by atoms with Crippen LogP contribution in [0.5, 0.6) is 0 Å². The van der Waals surface area contributed by atoms with Gasteiger partial charge in [-0.1, -0.05) is 18.2 Å². The predicted molar refractivity (Wildman–Crippen MR) is 39.9 cm³/mol. The fraction of sp³-hybridized carbons (Fsp3) is 0.500. The van der Waals surface area contributed by atoms with Crippen LogP contribution in [0, 0.1) is 0 Å². The van der Waals surface area contributed by atoms with Crippen molar-refractivity contribution < 1.29 is 9.47 Å². The Morgan fingerprint density at radius 3 is 3.30 bits per heavy atom. The number of hydrogen-bond acceptors (Lipinski definition) is 2. The third-order valence-corrected chi connectivity index (χ3v) is 1.28. The first-order valence-corrected chi connectivity index (χ1v) is 3.40. The van der Waals surface area contributed by atoms with E-state index in [9.17, 15) is 0 Å². The molecule has 2 heteroatoms. The van der Waals surface area contributed by atoms with Gasteiger partial charge >= 0.3 is 0 Å². The lowest BCUT2D eigenvalue weighted by atomic mass is 10.3. The molecule has 0 radical (unpaired) electrons. The van der Waals surface area contributed by atoms with Crippen molar-refractivity contribution in [1.29, 1.82) is 0 Å². The molecule has 2 nitrogen and oxygen atoms in total. The first-order chi connectivity index (χ1) is 4.93. The first kappa shape index (κ1) is 7.51. The molecule has 0 aliphatic carbocycles. The quantitative estimate of drug-likeness (QED) is 0.547. The van der Waals surface area contributed by atoms with Crippen LogP contribution in [0.15, 0.2) is 24.8 Å². The summed E-state index contributed by atoms with van der Waals surface area (Å²) in [5, 5.41) is 0. The second-order valence-electron chi connectivity index (χ2n) is 2.13. The second-order valence-corrected chi connectivity index (χ2v) is 2.13. The zero-order valence-electron chi connectivity index (χ0n) is 5.95. The summed E-state index contributed by atoms with van der Waals surface area (Å²) >= 11 is 0. The molecule has 0 aromatic heterocycles. The monoisotopic (exact) mass is 140 g/mol.